The average molecular weight is 205 g/mol. The largest absolute Gasteiger partial charge is 0.872 e. The molecule has 1 heterocycles. The summed E-state index contributed by atoms with van der Waals surface area (Å²) in [5.74, 6) is -1.64. The third-order valence-electron chi connectivity index (χ3n) is 1.93. The van der Waals surface area contributed by atoms with Crippen LogP contribution in [0, 0.1) is 0 Å². The highest BCUT2D eigenvalue weighted by Gasteiger charge is 2.11. The van der Waals surface area contributed by atoms with Crippen molar-refractivity contribution in [1.82, 2.24) is 0 Å². The van der Waals surface area contributed by atoms with Crippen molar-refractivity contribution >= 4 is 16.9 Å². The third-order valence-corrected chi connectivity index (χ3v) is 1.93. The van der Waals surface area contributed by atoms with Crippen LogP contribution in [0.15, 0.2) is 33.5 Å². The minimum Gasteiger partial charge on any atom is -0.872 e. The number of rotatable bonds is 1. The van der Waals surface area contributed by atoms with Gasteiger partial charge in [0.25, 0.3) is 0 Å². The van der Waals surface area contributed by atoms with Crippen molar-refractivity contribution in [2.75, 3.05) is 0 Å². The van der Waals surface area contributed by atoms with E-state index in [-0.39, 0.29) is 11.3 Å². The Morgan fingerprint density at radius 3 is 2.73 bits per heavy atom. The fraction of sp³-hybridized carbons (Fsp3) is 0. The van der Waals surface area contributed by atoms with Crippen LogP contribution in [0.2, 0.25) is 0 Å². The minimum absolute atomic E-state index is 0.199. The second-order valence-corrected chi connectivity index (χ2v) is 2.95. The molecule has 2 aromatic rings. The first-order valence-corrected chi connectivity index (χ1v) is 4.06. The zero-order chi connectivity index (χ0) is 11.0. The number of carboxylic acids is 1. The molecule has 0 bridgehead atoms. The van der Waals surface area contributed by atoms with E-state index < -0.39 is 17.2 Å². The number of carbonyl (C=O) groups is 1. The first-order chi connectivity index (χ1) is 7.08. The van der Waals surface area contributed by atoms with Gasteiger partial charge in [-0.05, 0) is 12.1 Å². The Morgan fingerprint density at radius 2 is 2.07 bits per heavy atom. The molecular weight excluding hydrogens is 200 g/mol. The summed E-state index contributed by atoms with van der Waals surface area (Å²) < 4.78 is 4.73. The zero-order valence-corrected chi connectivity index (χ0v) is 7.39. The maximum atomic E-state index is 11.1. The molecule has 0 spiro atoms. The monoisotopic (exact) mass is 205 g/mol. The van der Waals surface area contributed by atoms with Crippen molar-refractivity contribution in [3.8, 4) is 5.75 Å². The standard InChI is InChI=1S/C10H6O5/c11-6-1-2-8-5(3-6)4-7(9(12)13)10(14)15-8/h1-4,11H,(H,12,13)/p-1. The van der Waals surface area contributed by atoms with Crippen LogP contribution in [0.25, 0.3) is 11.0 Å². The lowest BCUT2D eigenvalue weighted by atomic mass is 10.2. The van der Waals surface area contributed by atoms with E-state index >= 15 is 0 Å². The first-order valence-electron chi connectivity index (χ1n) is 4.06. The Hall–Kier alpha value is -2.30. The number of fused-ring (bicyclic) bond motifs is 1. The molecule has 1 aromatic heterocycles. The predicted molar refractivity (Wildman–Crippen MR) is 48.9 cm³/mol. The summed E-state index contributed by atoms with van der Waals surface area (Å²) >= 11 is 0. The number of hydrogen-bond donors (Lipinski definition) is 1. The van der Waals surface area contributed by atoms with Gasteiger partial charge in [-0.3, -0.25) is 0 Å². The van der Waals surface area contributed by atoms with Crippen molar-refractivity contribution in [1.29, 1.82) is 0 Å². The van der Waals surface area contributed by atoms with Crippen LogP contribution in [0.3, 0.4) is 0 Å². The smallest absolute Gasteiger partial charge is 0.351 e. The highest BCUT2D eigenvalue weighted by molar-refractivity contribution is 5.91. The van der Waals surface area contributed by atoms with Crippen molar-refractivity contribution in [3.05, 3.63) is 40.2 Å². The zero-order valence-electron chi connectivity index (χ0n) is 7.39. The first kappa shape index (κ1) is 9.26. The molecule has 0 fully saturated rings. The lowest BCUT2D eigenvalue weighted by Crippen LogP contribution is -2.12. The normalized spacial score (nSPS) is 10.4. The van der Waals surface area contributed by atoms with Crippen molar-refractivity contribution in [2.24, 2.45) is 0 Å². The van der Waals surface area contributed by atoms with Gasteiger partial charge in [0.1, 0.15) is 11.1 Å². The fourth-order valence-corrected chi connectivity index (χ4v) is 1.25. The molecule has 76 valence electrons. The minimum atomic E-state index is -1.37. The van der Waals surface area contributed by atoms with E-state index in [1.807, 2.05) is 0 Å². The highest BCUT2D eigenvalue weighted by atomic mass is 16.4. The molecule has 0 unspecified atom stereocenters. The second-order valence-electron chi connectivity index (χ2n) is 2.95. The van der Waals surface area contributed by atoms with E-state index in [0.717, 1.165) is 6.07 Å². The van der Waals surface area contributed by atoms with Crippen molar-refractivity contribution in [3.63, 3.8) is 0 Å². The van der Waals surface area contributed by atoms with Gasteiger partial charge in [-0.2, -0.15) is 0 Å². The molecule has 0 aliphatic heterocycles. The van der Waals surface area contributed by atoms with Crippen molar-refractivity contribution in [2.45, 2.75) is 0 Å². The SMILES string of the molecule is O=C(O)c1cc2cc([O-])ccc2oc1=O. The molecule has 5 heteroatoms. The maximum Gasteiger partial charge on any atom is 0.351 e. The number of benzene rings is 1. The molecule has 2 rings (SSSR count). The van der Waals surface area contributed by atoms with E-state index in [9.17, 15) is 14.7 Å². The third kappa shape index (κ3) is 1.54. The Bertz CT molecular complexity index is 596. The maximum absolute atomic E-state index is 11.1. The highest BCUT2D eigenvalue weighted by Crippen LogP contribution is 2.17. The van der Waals surface area contributed by atoms with E-state index in [0.29, 0.717) is 5.39 Å². The van der Waals surface area contributed by atoms with E-state index in [2.05, 4.69) is 0 Å². The lowest BCUT2D eigenvalue weighted by molar-refractivity contribution is -0.268. The molecular formula is C10H5O5-. The Balaban J connectivity index is 2.83. The summed E-state index contributed by atoms with van der Waals surface area (Å²) in [5.41, 5.74) is -1.20. The molecule has 0 aliphatic carbocycles. The van der Waals surface area contributed by atoms with E-state index in [4.69, 9.17) is 9.52 Å². The van der Waals surface area contributed by atoms with Crippen LogP contribution in [0.4, 0.5) is 0 Å². The predicted octanol–water partition coefficient (Wildman–Crippen LogP) is 0.565. The van der Waals surface area contributed by atoms with Gasteiger partial charge in [-0.25, -0.2) is 9.59 Å². The van der Waals surface area contributed by atoms with Gasteiger partial charge in [-0.1, -0.05) is 12.1 Å². The molecule has 1 N–H and O–H groups in total. The summed E-state index contributed by atoms with van der Waals surface area (Å²) in [5, 5.41) is 19.9. The Morgan fingerprint density at radius 1 is 1.33 bits per heavy atom. The van der Waals surface area contributed by atoms with Crippen LogP contribution in [-0.2, 0) is 0 Å². The molecule has 1 aromatic carbocycles. The van der Waals surface area contributed by atoms with Crippen LogP contribution < -0.4 is 10.7 Å². The van der Waals surface area contributed by atoms with Crippen LogP contribution in [0.1, 0.15) is 10.4 Å². The number of aromatic carboxylic acids is 1. The van der Waals surface area contributed by atoms with Crippen LogP contribution in [0.5, 0.6) is 5.75 Å². The molecule has 0 amide bonds. The summed E-state index contributed by atoms with van der Waals surface area (Å²) in [6.07, 6.45) is 0. The van der Waals surface area contributed by atoms with Crippen LogP contribution >= 0.6 is 0 Å². The van der Waals surface area contributed by atoms with Gasteiger partial charge in [0, 0.05) is 5.39 Å². The van der Waals surface area contributed by atoms with Gasteiger partial charge >= 0.3 is 11.6 Å². The van der Waals surface area contributed by atoms with Gasteiger partial charge in [0.2, 0.25) is 0 Å². The second kappa shape index (κ2) is 3.13. The summed E-state index contributed by atoms with van der Waals surface area (Å²) in [6.45, 7) is 0. The van der Waals surface area contributed by atoms with E-state index in [1.165, 1.54) is 18.2 Å². The Labute approximate surface area is 83.2 Å². The fourth-order valence-electron chi connectivity index (χ4n) is 1.25. The van der Waals surface area contributed by atoms with Gasteiger partial charge in [-0.15, -0.1) is 5.75 Å². The molecule has 5 nitrogen and oxygen atoms in total. The van der Waals surface area contributed by atoms with Gasteiger partial charge in [0.05, 0.1) is 0 Å². The van der Waals surface area contributed by atoms with Crippen molar-refractivity contribution < 1.29 is 19.4 Å². The molecule has 0 saturated heterocycles. The molecule has 0 atom stereocenters. The lowest BCUT2D eigenvalue weighted by Gasteiger charge is -2.05. The average Bonchev–Trinajstić information content (AvgIpc) is 2.17. The summed E-state index contributed by atoms with van der Waals surface area (Å²) in [4.78, 5) is 21.7. The molecule has 0 radical (unpaired) electrons. The molecule has 0 saturated carbocycles. The molecule has 0 aliphatic rings. The van der Waals surface area contributed by atoms with Crippen LogP contribution in [-0.4, -0.2) is 11.1 Å². The topological polar surface area (TPSA) is 90.6 Å². The van der Waals surface area contributed by atoms with Gasteiger partial charge < -0.3 is 14.6 Å². The van der Waals surface area contributed by atoms with Gasteiger partial charge in [0.15, 0.2) is 0 Å². The number of carboxylic acid groups (broad SMARTS) is 1. The quantitative estimate of drug-likeness (QED) is 0.687. The Kier molecular flexibility index (Phi) is 1.93. The van der Waals surface area contributed by atoms with E-state index in [1.54, 1.807) is 0 Å². The summed E-state index contributed by atoms with van der Waals surface area (Å²) in [6, 6.07) is 4.92. The summed E-state index contributed by atoms with van der Waals surface area (Å²) in [7, 11) is 0. The molecule has 15 heavy (non-hydrogen) atoms. The number of hydrogen-bond acceptors (Lipinski definition) is 4.